The van der Waals surface area contributed by atoms with Gasteiger partial charge in [-0.25, -0.2) is 0 Å². The molecule has 0 aliphatic carbocycles. The molecule has 0 nitrogen and oxygen atoms in total. The van der Waals surface area contributed by atoms with Crippen molar-refractivity contribution in [2.75, 3.05) is 5.88 Å². The number of rotatable bonds is 4. The van der Waals surface area contributed by atoms with Gasteiger partial charge in [-0.2, -0.15) is 0 Å². The van der Waals surface area contributed by atoms with E-state index >= 15 is 0 Å². The molecule has 2 unspecified atom stereocenters. The molecule has 0 radical (unpaired) electrons. The average molecular weight is 191 g/mol. The van der Waals surface area contributed by atoms with E-state index in [0.29, 0.717) is 11.3 Å². The maximum absolute atomic E-state index is 5.77. The van der Waals surface area contributed by atoms with Crippen LogP contribution in [0.5, 0.6) is 0 Å². The van der Waals surface area contributed by atoms with Crippen molar-refractivity contribution in [2.24, 2.45) is 17.3 Å². The first-order chi connectivity index (χ1) is 5.35. The molecule has 0 rings (SSSR count). The molecule has 0 amide bonds. The zero-order valence-corrected chi connectivity index (χ0v) is 9.91. The molecule has 0 heterocycles. The summed E-state index contributed by atoms with van der Waals surface area (Å²) in [6.45, 7) is 11.5. The average Bonchev–Trinajstić information content (AvgIpc) is 1.82. The molecule has 0 saturated carbocycles. The minimum Gasteiger partial charge on any atom is -0.126 e. The van der Waals surface area contributed by atoms with Crippen LogP contribution in [-0.2, 0) is 0 Å². The van der Waals surface area contributed by atoms with Crippen LogP contribution >= 0.6 is 11.6 Å². The molecule has 2 atom stereocenters. The van der Waals surface area contributed by atoms with Crippen molar-refractivity contribution in [3.63, 3.8) is 0 Å². The third-order valence-electron chi connectivity index (χ3n) is 2.03. The minimum atomic E-state index is 0.464. The van der Waals surface area contributed by atoms with Gasteiger partial charge in [-0.3, -0.25) is 0 Å². The van der Waals surface area contributed by atoms with E-state index in [0.717, 1.165) is 11.8 Å². The summed E-state index contributed by atoms with van der Waals surface area (Å²) in [6.07, 6.45) is 2.56. The van der Waals surface area contributed by atoms with Crippen LogP contribution in [0.2, 0.25) is 0 Å². The second kappa shape index (κ2) is 5.11. The monoisotopic (exact) mass is 190 g/mol. The molecular formula is C11H23Cl. The smallest absolute Gasteiger partial charge is 0.0249 e. The van der Waals surface area contributed by atoms with E-state index in [9.17, 15) is 0 Å². The third-order valence-corrected chi connectivity index (χ3v) is 2.56. The Labute approximate surface area is 82.7 Å². The topological polar surface area (TPSA) is 0 Å². The highest BCUT2D eigenvalue weighted by Gasteiger charge is 2.16. The maximum Gasteiger partial charge on any atom is 0.0249 e. The highest BCUT2D eigenvalue weighted by Crippen LogP contribution is 2.28. The summed E-state index contributed by atoms with van der Waals surface area (Å²) in [6, 6.07) is 0. The largest absolute Gasteiger partial charge is 0.126 e. The van der Waals surface area contributed by atoms with Gasteiger partial charge < -0.3 is 0 Å². The summed E-state index contributed by atoms with van der Waals surface area (Å²) in [5.74, 6) is 2.27. The Bertz CT molecular complexity index is 113. The molecule has 0 N–H and O–H groups in total. The second-order valence-electron chi connectivity index (χ2n) is 5.37. The van der Waals surface area contributed by atoms with E-state index in [4.69, 9.17) is 11.6 Å². The lowest BCUT2D eigenvalue weighted by molar-refractivity contribution is 0.279. The van der Waals surface area contributed by atoms with Gasteiger partial charge in [0.25, 0.3) is 0 Å². The van der Waals surface area contributed by atoms with Crippen molar-refractivity contribution < 1.29 is 0 Å². The van der Waals surface area contributed by atoms with Gasteiger partial charge >= 0.3 is 0 Å². The van der Waals surface area contributed by atoms with E-state index in [1.807, 2.05) is 0 Å². The molecule has 0 aliphatic heterocycles. The van der Waals surface area contributed by atoms with Crippen molar-refractivity contribution in [3.8, 4) is 0 Å². The van der Waals surface area contributed by atoms with Gasteiger partial charge in [-0.1, -0.05) is 34.6 Å². The Balaban J connectivity index is 3.66. The second-order valence-corrected chi connectivity index (χ2v) is 5.67. The Kier molecular flexibility index (Phi) is 5.24. The van der Waals surface area contributed by atoms with Gasteiger partial charge in [0, 0.05) is 5.88 Å². The summed E-state index contributed by atoms with van der Waals surface area (Å²) < 4.78 is 0. The van der Waals surface area contributed by atoms with Gasteiger partial charge in [0.2, 0.25) is 0 Å². The molecule has 74 valence electrons. The highest BCUT2D eigenvalue weighted by molar-refractivity contribution is 6.18. The zero-order chi connectivity index (χ0) is 9.78. The van der Waals surface area contributed by atoms with Crippen LogP contribution < -0.4 is 0 Å². The molecule has 0 bridgehead atoms. The predicted molar refractivity (Wildman–Crippen MR) is 57.7 cm³/mol. The molecule has 0 aromatic rings. The molecule has 12 heavy (non-hydrogen) atoms. The fourth-order valence-electron chi connectivity index (χ4n) is 1.88. The number of alkyl halides is 1. The number of halogens is 1. The van der Waals surface area contributed by atoms with Crippen molar-refractivity contribution in [1.29, 1.82) is 0 Å². The molecule has 0 aliphatic rings. The van der Waals surface area contributed by atoms with E-state index in [-0.39, 0.29) is 0 Å². The van der Waals surface area contributed by atoms with E-state index in [2.05, 4.69) is 34.6 Å². The normalized spacial score (nSPS) is 17.5. The fraction of sp³-hybridized carbons (Fsp3) is 1.00. The molecular weight excluding hydrogens is 168 g/mol. The van der Waals surface area contributed by atoms with Crippen molar-refractivity contribution >= 4 is 11.6 Å². The van der Waals surface area contributed by atoms with Gasteiger partial charge in [0.15, 0.2) is 0 Å². The van der Waals surface area contributed by atoms with Gasteiger partial charge in [0.1, 0.15) is 0 Å². The molecule has 0 aromatic heterocycles. The first-order valence-corrected chi connectivity index (χ1v) is 5.44. The molecule has 1 heteroatoms. The van der Waals surface area contributed by atoms with Gasteiger partial charge in [0.05, 0.1) is 0 Å². The Morgan fingerprint density at radius 1 is 1.08 bits per heavy atom. The molecule has 0 spiro atoms. The van der Waals surface area contributed by atoms with E-state index < -0.39 is 0 Å². The summed E-state index contributed by atoms with van der Waals surface area (Å²) in [7, 11) is 0. The number of hydrogen-bond acceptors (Lipinski definition) is 0. The van der Waals surface area contributed by atoms with Crippen LogP contribution in [0.3, 0.4) is 0 Å². The highest BCUT2D eigenvalue weighted by atomic mass is 35.5. The van der Waals surface area contributed by atoms with Crippen LogP contribution in [-0.4, -0.2) is 5.88 Å². The summed E-state index contributed by atoms with van der Waals surface area (Å²) in [5.41, 5.74) is 0.464. The van der Waals surface area contributed by atoms with Gasteiger partial charge in [-0.05, 0) is 30.1 Å². The lowest BCUT2D eigenvalue weighted by atomic mass is 9.82. The molecule has 0 aromatic carbocycles. The standard InChI is InChI=1S/C11H23Cl/c1-9(6-10(2)8-12)7-11(3,4)5/h9-10H,6-8H2,1-5H3. The number of hydrogen-bond donors (Lipinski definition) is 0. The zero-order valence-electron chi connectivity index (χ0n) is 9.15. The van der Waals surface area contributed by atoms with Crippen molar-refractivity contribution in [2.45, 2.75) is 47.5 Å². The molecule has 0 fully saturated rings. The van der Waals surface area contributed by atoms with Crippen LogP contribution in [0.15, 0.2) is 0 Å². The Morgan fingerprint density at radius 2 is 1.58 bits per heavy atom. The van der Waals surface area contributed by atoms with E-state index in [1.165, 1.54) is 12.8 Å². The van der Waals surface area contributed by atoms with Crippen LogP contribution in [0.1, 0.15) is 47.5 Å². The summed E-state index contributed by atoms with van der Waals surface area (Å²) in [4.78, 5) is 0. The van der Waals surface area contributed by atoms with Crippen molar-refractivity contribution in [3.05, 3.63) is 0 Å². The van der Waals surface area contributed by atoms with Crippen LogP contribution in [0.4, 0.5) is 0 Å². The first-order valence-electron chi connectivity index (χ1n) is 4.91. The lowest BCUT2D eigenvalue weighted by Gasteiger charge is -2.24. The lowest BCUT2D eigenvalue weighted by Crippen LogP contribution is -2.13. The van der Waals surface area contributed by atoms with Crippen molar-refractivity contribution in [1.82, 2.24) is 0 Å². The van der Waals surface area contributed by atoms with Crippen LogP contribution in [0, 0.1) is 17.3 Å². The molecule has 0 saturated heterocycles. The first kappa shape index (κ1) is 12.3. The predicted octanol–water partition coefficient (Wildman–Crippen LogP) is 4.32. The maximum atomic E-state index is 5.77. The third kappa shape index (κ3) is 6.97. The fourth-order valence-corrected chi connectivity index (χ4v) is 2.00. The van der Waals surface area contributed by atoms with Crippen LogP contribution in [0.25, 0.3) is 0 Å². The summed E-state index contributed by atoms with van der Waals surface area (Å²) >= 11 is 5.77. The summed E-state index contributed by atoms with van der Waals surface area (Å²) in [5, 5.41) is 0. The van der Waals surface area contributed by atoms with E-state index in [1.54, 1.807) is 0 Å². The minimum absolute atomic E-state index is 0.464. The SMILES string of the molecule is CC(CCl)CC(C)CC(C)(C)C. The quantitative estimate of drug-likeness (QED) is 0.580. The van der Waals surface area contributed by atoms with Gasteiger partial charge in [-0.15, -0.1) is 11.6 Å². The Hall–Kier alpha value is 0.290. The Morgan fingerprint density at radius 3 is 1.92 bits per heavy atom.